The van der Waals surface area contributed by atoms with Gasteiger partial charge in [-0.25, -0.2) is 0 Å². The summed E-state index contributed by atoms with van der Waals surface area (Å²) in [6, 6.07) is 17.4. The van der Waals surface area contributed by atoms with Crippen LogP contribution in [0, 0.1) is 6.92 Å². The first-order valence-electron chi connectivity index (χ1n) is 6.55. The SMILES string of the molecule is Cc1ccccc1CNC(C)C(=O)c1ccccc1. The van der Waals surface area contributed by atoms with Gasteiger partial charge in [-0.15, -0.1) is 0 Å². The second-order valence-corrected chi connectivity index (χ2v) is 4.76. The lowest BCUT2D eigenvalue weighted by molar-refractivity contribution is 0.0950. The van der Waals surface area contributed by atoms with Crippen molar-refractivity contribution in [1.29, 1.82) is 0 Å². The Morgan fingerprint density at radius 3 is 2.37 bits per heavy atom. The molecule has 2 aromatic rings. The molecule has 1 atom stereocenters. The van der Waals surface area contributed by atoms with E-state index >= 15 is 0 Å². The highest BCUT2D eigenvalue weighted by Crippen LogP contribution is 2.08. The van der Waals surface area contributed by atoms with Crippen molar-refractivity contribution in [1.82, 2.24) is 5.32 Å². The number of benzene rings is 2. The normalized spacial score (nSPS) is 12.1. The van der Waals surface area contributed by atoms with E-state index in [1.807, 2.05) is 49.4 Å². The van der Waals surface area contributed by atoms with Gasteiger partial charge in [-0.05, 0) is 25.0 Å². The van der Waals surface area contributed by atoms with Crippen LogP contribution in [0.2, 0.25) is 0 Å². The first-order chi connectivity index (χ1) is 9.18. The Hall–Kier alpha value is -1.93. The average molecular weight is 253 g/mol. The van der Waals surface area contributed by atoms with Gasteiger partial charge in [-0.1, -0.05) is 54.6 Å². The molecule has 0 bridgehead atoms. The largest absolute Gasteiger partial charge is 0.303 e. The second-order valence-electron chi connectivity index (χ2n) is 4.76. The Morgan fingerprint density at radius 2 is 1.68 bits per heavy atom. The molecule has 0 spiro atoms. The number of carbonyl (C=O) groups excluding carboxylic acids is 1. The predicted molar refractivity (Wildman–Crippen MR) is 78.3 cm³/mol. The first-order valence-corrected chi connectivity index (χ1v) is 6.55. The summed E-state index contributed by atoms with van der Waals surface area (Å²) in [5, 5.41) is 3.29. The van der Waals surface area contributed by atoms with Crippen LogP contribution < -0.4 is 5.32 Å². The zero-order valence-corrected chi connectivity index (χ0v) is 11.4. The molecule has 0 amide bonds. The minimum absolute atomic E-state index is 0.134. The second kappa shape index (κ2) is 6.30. The molecule has 1 N–H and O–H groups in total. The van der Waals surface area contributed by atoms with E-state index in [1.54, 1.807) is 0 Å². The van der Waals surface area contributed by atoms with Crippen LogP contribution in [0.15, 0.2) is 54.6 Å². The molecule has 0 aliphatic carbocycles. The fraction of sp³-hybridized carbons (Fsp3) is 0.235. The number of nitrogens with one attached hydrogen (secondary N) is 1. The van der Waals surface area contributed by atoms with Crippen molar-refractivity contribution in [2.24, 2.45) is 0 Å². The van der Waals surface area contributed by atoms with Crippen molar-refractivity contribution in [3.8, 4) is 0 Å². The molecule has 0 saturated heterocycles. The van der Waals surface area contributed by atoms with Crippen molar-refractivity contribution in [2.45, 2.75) is 26.4 Å². The van der Waals surface area contributed by atoms with Crippen LogP contribution in [-0.4, -0.2) is 11.8 Å². The summed E-state index contributed by atoms with van der Waals surface area (Å²) in [6.07, 6.45) is 0. The van der Waals surface area contributed by atoms with Crippen LogP contribution in [0.5, 0.6) is 0 Å². The number of carbonyl (C=O) groups is 1. The molecule has 2 nitrogen and oxygen atoms in total. The first kappa shape index (κ1) is 13.5. The monoisotopic (exact) mass is 253 g/mol. The van der Waals surface area contributed by atoms with Gasteiger partial charge in [0.15, 0.2) is 5.78 Å². The highest BCUT2D eigenvalue weighted by molar-refractivity contribution is 5.99. The molecule has 2 heteroatoms. The summed E-state index contributed by atoms with van der Waals surface area (Å²) in [4.78, 5) is 12.2. The van der Waals surface area contributed by atoms with Crippen molar-refractivity contribution in [3.63, 3.8) is 0 Å². The number of ketones is 1. The van der Waals surface area contributed by atoms with Gasteiger partial charge in [-0.3, -0.25) is 4.79 Å². The number of rotatable bonds is 5. The Kier molecular flexibility index (Phi) is 4.48. The highest BCUT2D eigenvalue weighted by atomic mass is 16.1. The molecule has 0 fully saturated rings. The Morgan fingerprint density at radius 1 is 1.05 bits per heavy atom. The van der Waals surface area contributed by atoms with E-state index in [-0.39, 0.29) is 11.8 Å². The van der Waals surface area contributed by atoms with Crippen LogP contribution in [0.25, 0.3) is 0 Å². The van der Waals surface area contributed by atoms with Crippen LogP contribution >= 0.6 is 0 Å². The maximum atomic E-state index is 12.2. The maximum absolute atomic E-state index is 12.2. The van der Waals surface area contributed by atoms with Crippen LogP contribution in [0.3, 0.4) is 0 Å². The van der Waals surface area contributed by atoms with Gasteiger partial charge in [-0.2, -0.15) is 0 Å². The zero-order chi connectivity index (χ0) is 13.7. The zero-order valence-electron chi connectivity index (χ0n) is 11.4. The number of aryl methyl sites for hydroxylation is 1. The van der Waals surface area contributed by atoms with Crippen LogP contribution in [0.1, 0.15) is 28.4 Å². The predicted octanol–water partition coefficient (Wildman–Crippen LogP) is 3.36. The third kappa shape index (κ3) is 3.52. The average Bonchev–Trinajstić information content (AvgIpc) is 2.46. The van der Waals surface area contributed by atoms with Crippen molar-refractivity contribution in [2.75, 3.05) is 0 Å². The lowest BCUT2D eigenvalue weighted by atomic mass is 10.0. The Balaban J connectivity index is 1.97. The molecule has 0 aliphatic rings. The Labute approximate surface area is 114 Å². The minimum Gasteiger partial charge on any atom is -0.303 e. The molecule has 0 heterocycles. The summed E-state index contributed by atoms with van der Waals surface area (Å²) in [5.74, 6) is 0.134. The lowest BCUT2D eigenvalue weighted by Crippen LogP contribution is -2.33. The summed E-state index contributed by atoms with van der Waals surface area (Å²) >= 11 is 0. The number of hydrogen-bond donors (Lipinski definition) is 1. The molecule has 0 aromatic heterocycles. The molecule has 2 aromatic carbocycles. The van der Waals surface area contributed by atoms with E-state index in [1.165, 1.54) is 11.1 Å². The van der Waals surface area contributed by atoms with E-state index in [9.17, 15) is 4.79 Å². The van der Waals surface area contributed by atoms with E-state index in [0.717, 1.165) is 5.56 Å². The van der Waals surface area contributed by atoms with Gasteiger partial charge >= 0.3 is 0 Å². The van der Waals surface area contributed by atoms with Gasteiger partial charge in [0, 0.05) is 12.1 Å². The van der Waals surface area contributed by atoms with E-state index in [4.69, 9.17) is 0 Å². The lowest BCUT2D eigenvalue weighted by Gasteiger charge is -2.14. The van der Waals surface area contributed by atoms with Crippen molar-refractivity contribution < 1.29 is 4.79 Å². The van der Waals surface area contributed by atoms with Gasteiger partial charge in [0.1, 0.15) is 0 Å². The smallest absolute Gasteiger partial charge is 0.179 e. The molecule has 0 radical (unpaired) electrons. The molecule has 19 heavy (non-hydrogen) atoms. The third-order valence-electron chi connectivity index (χ3n) is 3.31. The fourth-order valence-electron chi connectivity index (χ4n) is 2.02. The quantitative estimate of drug-likeness (QED) is 0.828. The van der Waals surface area contributed by atoms with Gasteiger partial charge in [0.2, 0.25) is 0 Å². The molecular weight excluding hydrogens is 234 g/mol. The molecule has 0 saturated carbocycles. The number of hydrogen-bond acceptors (Lipinski definition) is 2. The summed E-state index contributed by atoms with van der Waals surface area (Å²) in [5.41, 5.74) is 3.23. The number of Topliss-reactive ketones (excluding diaryl/α,β-unsaturated/α-hetero) is 1. The minimum atomic E-state index is -0.179. The fourth-order valence-corrected chi connectivity index (χ4v) is 2.02. The van der Waals surface area contributed by atoms with Crippen molar-refractivity contribution in [3.05, 3.63) is 71.3 Å². The van der Waals surface area contributed by atoms with Gasteiger partial charge < -0.3 is 5.32 Å². The molecular formula is C17H19NO. The summed E-state index contributed by atoms with van der Waals surface area (Å²) in [6.45, 7) is 4.71. The molecule has 2 rings (SSSR count). The molecule has 0 aliphatic heterocycles. The third-order valence-corrected chi connectivity index (χ3v) is 3.31. The molecule has 1 unspecified atom stereocenters. The van der Waals surface area contributed by atoms with Crippen molar-refractivity contribution >= 4 is 5.78 Å². The van der Waals surface area contributed by atoms with E-state index in [2.05, 4.69) is 24.4 Å². The maximum Gasteiger partial charge on any atom is 0.179 e. The highest BCUT2D eigenvalue weighted by Gasteiger charge is 2.14. The van der Waals surface area contributed by atoms with Crippen LogP contribution in [-0.2, 0) is 6.54 Å². The summed E-state index contributed by atoms with van der Waals surface area (Å²) in [7, 11) is 0. The standard InChI is InChI=1S/C17H19NO/c1-13-8-6-7-11-16(13)12-18-14(2)17(19)15-9-4-3-5-10-15/h3-11,14,18H,12H2,1-2H3. The molecule has 98 valence electrons. The van der Waals surface area contributed by atoms with E-state index in [0.29, 0.717) is 6.54 Å². The van der Waals surface area contributed by atoms with Gasteiger partial charge in [0.25, 0.3) is 0 Å². The van der Waals surface area contributed by atoms with Crippen LogP contribution in [0.4, 0.5) is 0 Å². The topological polar surface area (TPSA) is 29.1 Å². The van der Waals surface area contributed by atoms with E-state index < -0.39 is 0 Å². The van der Waals surface area contributed by atoms with Gasteiger partial charge in [0.05, 0.1) is 6.04 Å². The summed E-state index contributed by atoms with van der Waals surface area (Å²) < 4.78 is 0. The Bertz CT molecular complexity index is 548.